The van der Waals surface area contributed by atoms with Gasteiger partial charge in [0, 0.05) is 51.3 Å². The number of rotatable bonds is 5. The average Bonchev–Trinajstić information content (AvgIpc) is 3.34. The number of carboxylic acid groups (broad SMARTS) is 1. The molecule has 2 atom stereocenters. The maximum atomic E-state index is 14.1. The molecule has 0 bridgehead atoms. The molecule has 38 heavy (non-hydrogen) atoms. The summed E-state index contributed by atoms with van der Waals surface area (Å²) in [4.78, 5) is 45.2. The van der Waals surface area contributed by atoms with Gasteiger partial charge in [0.05, 0.1) is 15.6 Å². The monoisotopic (exact) mass is 572 g/mol. The molecule has 2 amide bonds. The van der Waals surface area contributed by atoms with Gasteiger partial charge in [0.15, 0.2) is 5.78 Å². The van der Waals surface area contributed by atoms with Gasteiger partial charge >= 0.3 is 12.3 Å². The Morgan fingerprint density at radius 2 is 1.82 bits per heavy atom. The number of likely N-dealkylation sites (tertiary alicyclic amines) is 1. The number of hydrogen-bond donors (Lipinski definition) is 2. The van der Waals surface area contributed by atoms with Crippen LogP contribution in [0.15, 0.2) is 36.5 Å². The van der Waals surface area contributed by atoms with Crippen LogP contribution in [0.1, 0.15) is 40.4 Å². The molecule has 2 aliphatic heterocycles. The summed E-state index contributed by atoms with van der Waals surface area (Å²) in [6.45, 7) is 0.803. The van der Waals surface area contributed by atoms with E-state index in [0.29, 0.717) is 28.4 Å². The molecule has 204 valence electrons. The minimum atomic E-state index is -4.56. The summed E-state index contributed by atoms with van der Waals surface area (Å²) in [6.07, 6.45) is -4.65. The van der Waals surface area contributed by atoms with Crippen LogP contribution in [-0.4, -0.2) is 76.4 Å². The van der Waals surface area contributed by atoms with Crippen molar-refractivity contribution in [2.75, 3.05) is 33.2 Å². The first-order valence-corrected chi connectivity index (χ1v) is 12.6. The number of Topliss-reactive ketones (excluding diaryl/α,β-unsaturated/α-hetero) is 1. The third-order valence-corrected chi connectivity index (χ3v) is 8.18. The van der Waals surface area contributed by atoms with Crippen LogP contribution in [0.5, 0.6) is 0 Å². The van der Waals surface area contributed by atoms with E-state index in [1.54, 1.807) is 18.2 Å². The smallest absolute Gasteiger partial charge is 0.417 e. The largest absolute Gasteiger partial charge is 0.465 e. The lowest BCUT2D eigenvalue weighted by Crippen LogP contribution is -2.62. The van der Waals surface area contributed by atoms with E-state index in [0.717, 1.165) is 17.0 Å². The summed E-state index contributed by atoms with van der Waals surface area (Å²) in [5, 5.41) is 13.7. The van der Waals surface area contributed by atoms with Gasteiger partial charge in [0.2, 0.25) is 0 Å². The highest BCUT2D eigenvalue weighted by atomic mass is 35.5. The molecule has 0 unspecified atom stereocenters. The molecule has 1 aromatic carbocycles. The lowest BCUT2D eigenvalue weighted by atomic mass is 9.72. The topological polar surface area (TPSA) is 103 Å². The molecule has 0 radical (unpaired) electrons. The van der Waals surface area contributed by atoms with Gasteiger partial charge in [-0.05, 0) is 42.7 Å². The first kappa shape index (κ1) is 28.1. The van der Waals surface area contributed by atoms with Crippen LogP contribution in [-0.2, 0) is 11.0 Å². The Balaban J connectivity index is 1.53. The Hall–Kier alpha value is -2.89. The fraction of sp³-hybridized carbons (Fsp3) is 0.440. The summed E-state index contributed by atoms with van der Waals surface area (Å²) in [7, 11) is 1.37. The number of piperidine rings is 1. The second-order valence-corrected chi connectivity index (χ2v) is 10.3. The Labute approximate surface area is 226 Å². The first-order chi connectivity index (χ1) is 17.9. The number of benzene rings is 1. The molecule has 2 N–H and O–H groups in total. The quantitative estimate of drug-likeness (QED) is 0.544. The molecule has 3 heterocycles. The molecule has 1 aromatic heterocycles. The summed E-state index contributed by atoms with van der Waals surface area (Å²) in [6, 6.07) is 6.80. The number of likely N-dealkylation sites (N-methyl/N-ethyl adjacent to an activating group) is 1. The maximum Gasteiger partial charge on any atom is 0.417 e. The van der Waals surface area contributed by atoms with Crippen LogP contribution < -0.4 is 5.32 Å². The van der Waals surface area contributed by atoms with Crippen molar-refractivity contribution < 1.29 is 32.7 Å². The molecule has 8 nitrogen and oxygen atoms in total. The van der Waals surface area contributed by atoms with Crippen molar-refractivity contribution in [1.82, 2.24) is 20.1 Å². The van der Waals surface area contributed by atoms with Crippen molar-refractivity contribution in [3.05, 3.63) is 63.4 Å². The van der Waals surface area contributed by atoms with Crippen LogP contribution in [0.2, 0.25) is 10.0 Å². The third-order valence-electron chi connectivity index (χ3n) is 7.44. The number of amides is 2. The summed E-state index contributed by atoms with van der Waals surface area (Å²) < 4.78 is 38.4. The van der Waals surface area contributed by atoms with Gasteiger partial charge in [-0.1, -0.05) is 29.3 Å². The van der Waals surface area contributed by atoms with E-state index < -0.39 is 41.1 Å². The van der Waals surface area contributed by atoms with Crippen LogP contribution in [0.3, 0.4) is 0 Å². The van der Waals surface area contributed by atoms with Crippen molar-refractivity contribution >= 4 is 41.0 Å². The summed E-state index contributed by atoms with van der Waals surface area (Å²) >= 11 is 12.3. The number of pyridine rings is 1. The van der Waals surface area contributed by atoms with Crippen LogP contribution >= 0.6 is 23.2 Å². The SMILES string of the molecule is CN(C(=O)O)[C@]1(C(=O)C2CCN(C(=O)c3ccc(C(F)(F)F)cn3)CC2)CNC[C@H]1c1ccc(Cl)c(Cl)c1. The highest BCUT2D eigenvalue weighted by Crippen LogP contribution is 2.42. The zero-order valence-electron chi connectivity index (χ0n) is 20.3. The van der Waals surface area contributed by atoms with E-state index in [-0.39, 0.29) is 44.0 Å². The maximum absolute atomic E-state index is 14.1. The Kier molecular flexibility index (Phi) is 7.92. The number of halogens is 5. The van der Waals surface area contributed by atoms with Gasteiger partial charge < -0.3 is 15.3 Å². The molecular formula is C25H25Cl2F3N4O4. The van der Waals surface area contributed by atoms with Crippen LogP contribution in [0, 0.1) is 5.92 Å². The van der Waals surface area contributed by atoms with Crippen LogP contribution in [0.25, 0.3) is 0 Å². The minimum Gasteiger partial charge on any atom is -0.465 e. The first-order valence-electron chi connectivity index (χ1n) is 11.9. The Morgan fingerprint density at radius 1 is 1.13 bits per heavy atom. The minimum absolute atomic E-state index is 0.105. The predicted octanol–water partition coefficient (Wildman–Crippen LogP) is 4.56. The van der Waals surface area contributed by atoms with E-state index in [1.165, 1.54) is 11.9 Å². The van der Waals surface area contributed by atoms with Crippen molar-refractivity contribution in [3.63, 3.8) is 0 Å². The highest BCUT2D eigenvalue weighted by Gasteiger charge is 2.56. The summed E-state index contributed by atoms with van der Waals surface area (Å²) in [5.74, 6) is -1.85. The van der Waals surface area contributed by atoms with Gasteiger partial charge in [-0.15, -0.1) is 0 Å². The lowest BCUT2D eigenvalue weighted by Gasteiger charge is -2.43. The number of nitrogens with zero attached hydrogens (tertiary/aromatic N) is 3. The number of hydrogen-bond acceptors (Lipinski definition) is 5. The van der Waals surface area contributed by atoms with Gasteiger partial charge in [-0.3, -0.25) is 19.5 Å². The van der Waals surface area contributed by atoms with Gasteiger partial charge in [0.1, 0.15) is 11.2 Å². The second-order valence-electron chi connectivity index (χ2n) is 9.48. The molecular weight excluding hydrogens is 548 g/mol. The van der Waals surface area contributed by atoms with Crippen molar-refractivity contribution in [3.8, 4) is 0 Å². The lowest BCUT2D eigenvalue weighted by molar-refractivity contribution is -0.138. The normalized spacial score (nSPS) is 22.4. The third kappa shape index (κ3) is 5.19. The molecule has 4 rings (SSSR count). The molecule has 2 fully saturated rings. The molecule has 2 aliphatic rings. The van der Waals surface area contributed by atoms with Crippen LogP contribution in [0.4, 0.5) is 18.0 Å². The van der Waals surface area contributed by atoms with Crippen molar-refractivity contribution in [2.24, 2.45) is 5.92 Å². The average molecular weight is 573 g/mol. The number of ketones is 1. The number of carbonyl (C=O) groups is 3. The standard InChI is InChI=1S/C25H25Cl2F3N4O4/c1-33(23(37)38)24(13-31-12-17(24)15-2-4-18(26)19(27)10-15)21(35)14-6-8-34(9-7-14)22(36)20-5-3-16(11-32-20)25(28,29)30/h2-5,10-11,14,17,31H,6-9,12-13H2,1H3,(H,37,38)/t17-,24+/m0/s1. The van der Waals surface area contributed by atoms with E-state index in [2.05, 4.69) is 10.3 Å². The Morgan fingerprint density at radius 3 is 2.37 bits per heavy atom. The predicted molar refractivity (Wildman–Crippen MR) is 133 cm³/mol. The summed E-state index contributed by atoms with van der Waals surface area (Å²) in [5.41, 5.74) is -1.81. The molecule has 0 saturated carbocycles. The van der Waals surface area contributed by atoms with E-state index in [9.17, 15) is 32.7 Å². The molecule has 13 heteroatoms. The fourth-order valence-corrected chi connectivity index (χ4v) is 5.62. The number of alkyl halides is 3. The molecule has 0 spiro atoms. The van der Waals surface area contributed by atoms with Crippen molar-refractivity contribution in [2.45, 2.75) is 30.5 Å². The molecule has 2 saturated heterocycles. The van der Waals surface area contributed by atoms with Gasteiger partial charge in [-0.2, -0.15) is 13.2 Å². The van der Waals surface area contributed by atoms with E-state index in [4.69, 9.17) is 23.2 Å². The second kappa shape index (κ2) is 10.7. The zero-order valence-corrected chi connectivity index (χ0v) is 21.8. The van der Waals surface area contributed by atoms with Gasteiger partial charge in [-0.25, -0.2) is 4.79 Å². The zero-order chi connectivity index (χ0) is 27.8. The highest BCUT2D eigenvalue weighted by molar-refractivity contribution is 6.42. The number of carbonyl (C=O) groups excluding carboxylic acids is 2. The van der Waals surface area contributed by atoms with Gasteiger partial charge in [0.25, 0.3) is 5.91 Å². The molecule has 0 aliphatic carbocycles. The van der Waals surface area contributed by atoms with E-state index >= 15 is 0 Å². The fourth-order valence-electron chi connectivity index (χ4n) is 5.32. The Bertz CT molecular complexity index is 1240. The number of nitrogens with one attached hydrogen (secondary N) is 1. The number of aromatic nitrogens is 1. The van der Waals surface area contributed by atoms with E-state index in [1.807, 2.05) is 0 Å². The van der Waals surface area contributed by atoms with Crippen molar-refractivity contribution in [1.29, 1.82) is 0 Å². The molecule has 2 aromatic rings.